The third-order valence-electron chi connectivity index (χ3n) is 2.94. The van der Waals surface area contributed by atoms with Gasteiger partial charge in [-0.1, -0.05) is 0 Å². The van der Waals surface area contributed by atoms with Gasteiger partial charge in [0.1, 0.15) is 0 Å². The lowest BCUT2D eigenvalue weighted by Crippen LogP contribution is -2.53. The molecule has 1 heterocycles. The van der Waals surface area contributed by atoms with Gasteiger partial charge < -0.3 is 15.5 Å². The molecule has 1 aliphatic rings. The molecule has 0 aliphatic carbocycles. The summed E-state index contributed by atoms with van der Waals surface area (Å²) in [5.41, 5.74) is -0.485. The number of carbonyl (C=O) groups excluding carboxylic acids is 2. The molecule has 2 N–H and O–H groups in total. The lowest BCUT2D eigenvalue weighted by Gasteiger charge is -2.28. The van der Waals surface area contributed by atoms with Crippen molar-refractivity contribution >= 4 is 11.8 Å². The Hall–Kier alpha value is -1.10. The first-order chi connectivity index (χ1) is 7.49. The van der Waals surface area contributed by atoms with Crippen LogP contribution in [-0.2, 0) is 9.59 Å². The van der Waals surface area contributed by atoms with Gasteiger partial charge in [-0.05, 0) is 33.2 Å². The number of hydrogen-bond acceptors (Lipinski definition) is 3. The fourth-order valence-electron chi connectivity index (χ4n) is 2.04. The van der Waals surface area contributed by atoms with E-state index in [0.717, 1.165) is 19.4 Å². The summed E-state index contributed by atoms with van der Waals surface area (Å²) < 4.78 is 0. The fraction of sp³-hybridized carbons (Fsp3) is 0.818. The molecule has 1 rings (SSSR count). The minimum atomic E-state index is -0.485. The second-order valence-corrected chi connectivity index (χ2v) is 4.48. The summed E-state index contributed by atoms with van der Waals surface area (Å²) in [6, 6.07) is 0. The van der Waals surface area contributed by atoms with E-state index in [-0.39, 0.29) is 18.4 Å². The molecule has 5 heteroatoms. The predicted molar refractivity (Wildman–Crippen MR) is 62.0 cm³/mol. The van der Waals surface area contributed by atoms with Gasteiger partial charge in [-0.25, -0.2) is 0 Å². The maximum atomic E-state index is 12.1. The maximum absolute atomic E-state index is 12.1. The third kappa shape index (κ3) is 2.95. The Morgan fingerprint density at radius 2 is 2.19 bits per heavy atom. The molecule has 0 aromatic heterocycles. The first kappa shape index (κ1) is 13.0. The average Bonchev–Trinajstić information content (AvgIpc) is 2.65. The molecular formula is C11H21N3O2. The number of amides is 2. The quantitative estimate of drug-likeness (QED) is 0.694. The second-order valence-electron chi connectivity index (χ2n) is 4.48. The molecular weight excluding hydrogens is 206 g/mol. The van der Waals surface area contributed by atoms with E-state index in [1.807, 2.05) is 13.8 Å². The summed E-state index contributed by atoms with van der Waals surface area (Å²) in [4.78, 5) is 24.9. The van der Waals surface area contributed by atoms with Crippen LogP contribution >= 0.6 is 0 Å². The van der Waals surface area contributed by atoms with Crippen molar-refractivity contribution in [2.45, 2.75) is 32.2 Å². The van der Waals surface area contributed by atoms with Crippen molar-refractivity contribution in [1.82, 2.24) is 15.5 Å². The summed E-state index contributed by atoms with van der Waals surface area (Å²) >= 11 is 0. The number of hydrogen-bond donors (Lipinski definition) is 2. The van der Waals surface area contributed by atoms with Crippen molar-refractivity contribution in [2.24, 2.45) is 0 Å². The molecule has 92 valence electrons. The molecule has 1 aliphatic heterocycles. The van der Waals surface area contributed by atoms with Crippen LogP contribution in [0.25, 0.3) is 0 Å². The van der Waals surface area contributed by atoms with Gasteiger partial charge in [-0.2, -0.15) is 0 Å². The summed E-state index contributed by atoms with van der Waals surface area (Å²) in [7, 11) is 1.67. The molecule has 0 aromatic rings. The smallest absolute Gasteiger partial charge is 0.242 e. The SMILES string of the molecule is CCNC(=O)CN(C)C(=O)C1(C)CCCN1. The lowest BCUT2D eigenvalue weighted by molar-refractivity contribution is -0.139. The Morgan fingerprint density at radius 1 is 1.50 bits per heavy atom. The van der Waals surface area contributed by atoms with E-state index in [2.05, 4.69) is 10.6 Å². The van der Waals surface area contributed by atoms with E-state index >= 15 is 0 Å². The molecule has 1 fully saturated rings. The number of rotatable bonds is 4. The number of nitrogens with one attached hydrogen (secondary N) is 2. The van der Waals surface area contributed by atoms with Crippen molar-refractivity contribution in [1.29, 1.82) is 0 Å². The summed E-state index contributed by atoms with van der Waals surface area (Å²) in [5.74, 6) is -0.115. The van der Waals surface area contributed by atoms with Crippen molar-refractivity contribution in [3.63, 3.8) is 0 Å². The van der Waals surface area contributed by atoms with E-state index in [1.54, 1.807) is 7.05 Å². The van der Waals surface area contributed by atoms with Gasteiger partial charge in [0.2, 0.25) is 11.8 Å². The number of carbonyl (C=O) groups is 2. The highest BCUT2D eigenvalue weighted by Gasteiger charge is 2.38. The van der Waals surface area contributed by atoms with Crippen molar-refractivity contribution in [3.8, 4) is 0 Å². The van der Waals surface area contributed by atoms with Crippen LogP contribution in [0.3, 0.4) is 0 Å². The standard InChI is InChI=1S/C11H21N3O2/c1-4-12-9(15)8-14(3)10(16)11(2)6-5-7-13-11/h13H,4-8H2,1-3H3,(H,12,15). The Kier molecular flexibility index (Phi) is 4.29. The van der Waals surface area contributed by atoms with E-state index in [0.29, 0.717) is 6.54 Å². The van der Waals surface area contributed by atoms with Crippen LogP contribution in [0.15, 0.2) is 0 Å². The fourth-order valence-corrected chi connectivity index (χ4v) is 2.04. The summed E-state index contributed by atoms with van der Waals surface area (Å²) in [6.45, 7) is 5.35. The Balaban J connectivity index is 2.50. The molecule has 0 spiro atoms. The van der Waals surface area contributed by atoms with Crippen molar-refractivity contribution < 1.29 is 9.59 Å². The maximum Gasteiger partial charge on any atom is 0.242 e. The minimum absolute atomic E-state index is 0.00347. The van der Waals surface area contributed by atoms with Gasteiger partial charge in [0.05, 0.1) is 12.1 Å². The van der Waals surface area contributed by atoms with Crippen LogP contribution in [-0.4, -0.2) is 48.9 Å². The monoisotopic (exact) mass is 227 g/mol. The highest BCUT2D eigenvalue weighted by Crippen LogP contribution is 2.20. The molecule has 0 saturated carbocycles. The molecule has 1 atom stereocenters. The summed E-state index contributed by atoms with van der Waals surface area (Å²) in [6.07, 6.45) is 1.85. The molecule has 0 radical (unpaired) electrons. The average molecular weight is 227 g/mol. The Labute approximate surface area is 96.6 Å². The molecule has 2 amide bonds. The normalized spacial score (nSPS) is 24.2. The number of likely N-dealkylation sites (N-methyl/N-ethyl adjacent to an activating group) is 2. The first-order valence-electron chi connectivity index (χ1n) is 5.77. The zero-order chi connectivity index (χ0) is 12.2. The van der Waals surface area contributed by atoms with Crippen LogP contribution in [0.2, 0.25) is 0 Å². The Morgan fingerprint density at radius 3 is 2.69 bits per heavy atom. The van der Waals surface area contributed by atoms with Crippen LogP contribution in [0.1, 0.15) is 26.7 Å². The molecule has 0 aromatic carbocycles. The molecule has 0 bridgehead atoms. The number of nitrogens with zero attached hydrogens (tertiary/aromatic N) is 1. The largest absolute Gasteiger partial charge is 0.355 e. The summed E-state index contributed by atoms with van der Waals surface area (Å²) in [5, 5.41) is 5.88. The topological polar surface area (TPSA) is 61.4 Å². The third-order valence-corrected chi connectivity index (χ3v) is 2.94. The van der Waals surface area contributed by atoms with Crippen molar-refractivity contribution in [3.05, 3.63) is 0 Å². The zero-order valence-electron chi connectivity index (χ0n) is 10.3. The van der Waals surface area contributed by atoms with E-state index in [1.165, 1.54) is 4.90 Å². The lowest BCUT2D eigenvalue weighted by atomic mass is 9.99. The van der Waals surface area contributed by atoms with Crippen LogP contribution in [0.5, 0.6) is 0 Å². The first-order valence-corrected chi connectivity index (χ1v) is 5.77. The van der Waals surface area contributed by atoms with E-state index in [9.17, 15) is 9.59 Å². The van der Waals surface area contributed by atoms with Gasteiger partial charge in [-0.3, -0.25) is 9.59 Å². The van der Waals surface area contributed by atoms with Crippen LogP contribution in [0.4, 0.5) is 0 Å². The molecule has 1 saturated heterocycles. The van der Waals surface area contributed by atoms with Crippen molar-refractivity contribution in [2.75, 3.05) is 26.7 Å². The van der Waals surface area contributed by atoms with Gasteiger partial charge in [0, 0.05) is 13.6 Å². The Bertz CT molecular complexity index is 272. The van der Waals surface area contributed by atoms with E-state index in [4.69, 9.17) is 0 Å². The zero-order valence-corrected chi connectivity index (χ0v) is 10.3. The van der Waals surface area contributed by atoms with Gasteiger partial charge in [0.25, 0.3) is 0 Å². The van der Waals surface area contributed by atoms with Crippen LogP contribution < -0.4 is 10.6 Å². The minimum Gasteiger partial charge on any atom is -0.355 e. The highest BCUT2D eigenvalue weighted by atomic mass is 16.2. The molecule has 5 nitrogen and oxygen atoms in total. The van der Waals surface area contributed by atoms with Crippen LogP contribution in [0, 0.1) is 0 Å². The van der Waals surface area contributed by atoms with Gasteiger partial charge in [0.15, 0.2) is 0 Å². The highest BCUT2D eigenvalue weighted by molar-refractivity contribution is 5.90. The molecule has 16 heavy (non-hydrogen) atoms. The van der Waals surface area contributed by atoms with Gasteiger partial charge in [-0.15, -0.1) is 0 Å². The van der Waals surface area contributed by atoms with Gasteiger partial charge >= 0.3 is 0 Å². The molecule has 1 unspecified atom stereocenters. The second kappa shape index (κ2) is 5.30. The van der Waals surface area contributed by atoms with E-state index < -0.39 is 5.54 Å². The predicted octanol–water partition coefficient (Wildman–Crippen LogP) is -0.277.